The van der Waals surface area contributed by atoms with Gasteiger partial charge in [-0.15, -0.1) is 0 Å². The molecule has 7 nitrogen and oxygen atoms in total. The summed E-state index contributed by atoms with van der Waals surface area (Å²) in [6.45, 7) is 0. The highest BCUT2D eigenvalue weighted by Gasteiger charge is 2.22. The minimum absolute atomic E-state index is 0.0315. The number of sulfone groups is 1. The molecule has 0 spiro atoms. The van der Waals surface area contributed by atoms with E-state index in [1.165, 1.54) is 24.3 Å². The number of carbonyl (C=O) groups excluding carboxylic acids is 1. The lowest BCUT2D eigenvalue weighted by Crippen LogP contribution is -2.36. The normalized spacial score (nSPS) is 15.5. The molecule has 2 aromatic rings. The van der Waals surface area contributed by atoms with Gasteiger partial charge in [-0.3, -0.25) is 4.79 Å². The number of sulfonamides is 1. The van der Waals surface area contributed by atoms with Crippen LogP contribution in [0.4, 0.5) is 5.69 Å². The predicted molar refractivity (Wildman–Crippen MR) is 121 cm³/mol. The van der Waals surface area contributed by atoms with Crippen molar-refractivity contribution >= 4 is 31.5 Å². The molecule has 1 fully saturated rings. The van der Waals surface area contributed by atoms with E-state index in [0.717, 1.165) is 32.1 Å². The van der Waals surface area contributed by atoms with Crippen molar-refractivity contribution in [3.63, 3.8) is 0 Å². The van der Waals surface area contributed by atoms with Crippen LogP contribution in [-0.2, 0) is 30.4 Å². The zero-order valence-corrected chi connectivity index (χ0v) is 18.9. The SMILES string of the molecule is O=C(CCS(=O)(=O)Cc1ccccc1)Nc1ccc(S(=O)(=O)NC2CCCCC2)cc1. The van der Waals surface area contributed by atoms with Gasteiger partial charge in [-0.25, -0.2) is 21.6 Å². The molecule has 1 aliphatic carbocycles. The molecular weight excluding hydrogens is 436 g/mol. The monoisotopic (exact) mass is 464 g/mol. The van der Waals surface area contributed by atoms with Gasteiger partial charge in [-0.1, -0.05) is 49.6 Å². The van der Waals surface area contributed by atoms with E-state index in [0.29, 0.717) is 11.3 Å². The van der Waals surface area contributed by atoms with Crippen LogP contribution >= 0.6 is 0 Å². The molecule has 168 valence electrons. The van der Waals surface area contributed by atoms with E-state index in [1.807, 2.05) is 6.07 Å². The second kappa shape index (κ2) is 10.4. The van der Waals surface area contributed by atoms with Crippen LogP contribution in [-0.4, -0.2) is 34.5 Å². The lowest BCUT2D eigenvalue weighted by Gasteiger charge is -2.22. The number of anilines is 1. The molecule has 1 saturated carbocycles. The Bertz CT molecular complexity index is 1080. The maximum Gasteiger partial charge on any atom is 0.240 e. The molecule has 3 rings (SSSR count). The summed E-state index contributed by atoms with van der Waals surface area (Å²) in [5, 5.41) is 2.62. The molecule has 31 heavy (non-hydrogen) atoms. The lowest BCUT2D eigenvalue weighted by molar-refractivity contribution is -0.115. The number of carbonyl (C=O) groups is 1. The molecule has 9 heteroatoms. The summed E-state index contributed by atoms with van der Waals surface area (Å²) in [7, 11) is -7.02. The molecule has 0 aromatic heterocycles. The predicted octanol–water partition coefficient (Wildman–Crippen LogP) is 3.24. The Morgan fingerprint density at radius 3 is 2.16 bits per heavy atom. The molecule has 0 bridgehead atoms. The third-order valence-electron chi connectivity index (χ3n) is 5.24. The summed E-state index contributed by atoms with van der Waals surface area (Å²) in [5.41, 5.74) is 1.10. The fourth-order valence-electron chi connectivity index (χ4n) is 3.60. The largest absolute Gasteiger partial charge is 0.326 e. The van der Waals surface area contributed by atoms with Gasteiger partial charge in [0.1, 0.15) is 0 Å². The first-order valence-electron chi connectivity index (χ1n) is 10.4. The number of amides is 1. The Morgan fingerprint density at radius 2 is 1.52 bits per heavy atom. The smallest absolute Gasteiger partial charge is 0.240 e. The van der Waals surface area contributed by atoms with Crippen LogP contribution in [0, 0.1) is 0 Å². The Balaban J connectivity index is 1.51. The van der Waals surface area contributed by atoms with Gasteiger partial charge in [0.25, 0.3) is 0 Å². The van der Waals surface area contributed by atoms with Gasteiger partial charge in [-0.2, -0.15) is 0 Å². The van der Waals surface area contributed by atoms with Crippen LogP contribution in [0.25, 0.3) is 0 Å². The van der Waals surface area contributed by atoms with E-state index in [4.69, 9.17) is 0 Å². The first-order chi connectivity index (χ1) is 14.7. The quantitative estimate of drug-likeness (QED) is 0.592. The second-order valence-corrected chi connectivity index (χ2v) is 11.8. The van der Waals surface area contributed by atoms with Crippen molar-refractivity contribution < 1.29 is 21.6 Å². The molecule has 0 aliphatic heterocycles. The Hall–Kier alpha value is -2.23. The van der Waals surface area contributed by atoms with E-state index in [1.54, 1.807) is 24.3 Å². The second-order valence-electron chi connectivity index (χ2n) is 7.86. The zero-order chi connectivity index (χ0) is 22.3. The molecule has 2 N–H and O–H groups in total. The van der Waals surface area contributed by atoms with Crippen LogP contribution in [0.15, 0.2) is 59.5 Å². The number of hydrogen-bond donors (Lipinski definition) is 2. The molecule has 1 amide bonds. The third kappa shape index (κ3) is 7.45. The summed E-state index contributed by atoms with van der Waals surface area (Å²) in [6.07, 6.45) is 4.72. The Morgan fingerprint density at radius 1 is 0.871 bits per heavy atom. The summed E-state index contributed by atoms with van der Waals surface area (Å²) in [4.78, 5) is 12.3. The topological polar surface area (TPSA) is 109 Å². The molecule has 0 heterocycles. The van der Waals surface area contributed by atoms with Crippen molar-refractivity contribution in [1.82, 2.24) is 4.72 Å². The van der Waals surface area contributed by atoms with E-state index < -0.39 is 25.8 Å². The molecule has 0 atom stereocenters. The number of benzene rings is 2. The van der Waals surface area contributed by atoms with Crippen molar-refractivity contribution in [2.45, 2.75) is 55.2 Å². The van der Waals surface area contributed by atoms with Crippen LogP contribution < -0.4 is 10.0 Å². The average molecular weight is 465 g/mol. The number of rotatable bonds is 9. The average Bonchev–Trinajstić information content (AvgIpc) is 2.74. The van der Waals surface area contributed by atoms with Gasteiger partial charge in [0.15, 0.2) is 9.84 Å². The number of nitrogens with one attached hydrogen (secondary N) is 2. The van der Waals surface area contributed by atoms with Gasteiger partial charge >= 0.3 is 0 Å². The zero-order valence-electron chi connectivity index (χ0n) is 17.3. The molecule has 2 aromatic carbocycles. The van der Waals surface area contributed by atoms with E-state index in [-0.39, 0.29) is 28.9 Å². The van der Waals surface area contributed by atoms with E-state index in [9.17, 15) is 21.6 Å². The first kappa shape index (κ1) is 23.4. The summed E-state index contributed by atoms with van der Waals surface area (Å²) < 4.78 is 52.3. The van der Waals surface area contributed by atoms with Gasteiger partial charge in [-0.05, 0) is 42.7 Å². The van der Waals surface area contributed by atoms with E-state index >= 15 is 0 Å². The fourth-order valence-corrected chi connectivity index (χ4v) is 6.24. The lowest BCUT2D eigenvalue weighted by atomic mass is 9.96. The molecular formula is C22H28N2O5S2. The molecule has 0 unspecified atom stereocenters. The standard InChI is InChI=1S/C22H28N2O5S2/c25-22(15-16-30(26,27)17-18-7-3-1-4-8-18)23-19-11-13-21(14-12-19)31(28,29)24-20-9-5-2-6-10-20/h1,3-4,7-8,11-14,20,24H,2,5-6,9-10,15-17H2,(H,23,25). The van der Waals surface area contributed by atoms with Crippen LogP contribution in [0.2, 0.25) is 0 Å². The Kier molecular flexibility index (Phi) is 7.85. The molecule has 0 radical (unpaired) electrons. The van der Waals surface area contributed by atoms with Gasteiger partial charge in [0.2, 0.25) is 15.9 Å². The van der Waals surface area contributed by atoms with Crippen molar-refractivity contribution in [1.29, 1.82) is 0 Å². The van der Waals surface area contributed by atoms with Gasteiger partial charge < -0.3 is 5.32 Å². The summed E-state index contributed by atoms with van der Waals surface area (Å²) in [6, 6.07) is 14.7. The van der Waals surface area contributed by atoms with Crippen molar-refractivity contribution in [2.24, 2.45) is 0 Å². The highest BCUT2D eigenvalue weighted by Crippen LogP contribution is 2.21. The molecule has 0 saturated heterocycles. The highest BCUT2D eigenvalue weighted by atomic mass is 32.2. The fraction of sp³-hybridized carbons (Fsp3) is 0.409. The van der Waals surface area contributed by atoms with Gasteiger partial charge in [0.05, 0.1) is 16.4 Å². The van der Waals surface area contributed by atoms with Crippen LogP contribution in [0.3, 0.4) is 0 Å². The first-order valence-corrected chi connectivity index (χ1v) is 13.7. The Labute approximate surface area is 184 Å². The van der Waals surface area contributed by atoms with Crippen LogP contribution in [0.5, 0.6) is 0 Å². The summed E-state index contributed by atoms with van der Waals surface area (Å²) in [5.74, 6) is -0.805. The van der Waals surface area contributed by atoms with Crippen molar-refractivity contribution in [3.05, 3.63) is 60.2 Å². The maximum absolute atomic E-state index is 12.5. The van der Waals surface area contributed by atoms with E-state index in [2.05, 4.69) is 10.0 Å². The molecule has 1 aliphatic rings. The highest BCUT2D eigenvalue weighted by molar-refractivity contribution is 7.90. The minimum atomic E-state index is -3.61. The summed E-state index contributed by atoms with van der Waals surface area (Å²) >= 11 is 0. The van der Waals surface area contributed by atoms with Gasteiger partial charge in [0, 0.05) is 18.2 Å². The number of hydrogen-bond acceptors (Lipinski definition) is 5. The third-order valence-corrected chi connectivity index (χ3v) is 8.38. The van der Waals surface area contributed by atoms with Crippen molar-refractivity contribution in [2.75, 3.05) is 11.1 Å². The van der Waals surface area contributed by atoms with Crippen LogP contribution in [0.1, 0.15) is 44.1 Å². The maximum atomic E-state index is 12.5. The van der Waals surface area contributed by atoms with Crippen molar-refractivity contribution in [3.8, 4) is 0 Å². The minimum Gasteiger partial charge on any atom is -0.326 e.